The third kappa shape index (κ3) is 4.50. The van der Waals surface area contributed by atoms with Crippen molar-refractivity contribution in [2.24, 2.45) is 11.7 Å². The molecule has 1 aliphatic carbocycles. The molecule has 0 saturated heterocycles. The molecule has 0 heterocycles. The van der Waals surface area contributed by atoms with Crippen molar-refractivity contribution < 1.29 is 4.74 Å². The maximum absolute atomic E-state index is 6.33. The highest BCUT2D eigenvalue weighted by atomic mass is 16.5. The third-order valence-electron chi connectivity index (χ3n) is 4.32. The lowest BCUT2D eigenvalue weighted by molar-refractivity contribution is 0.224. The van der Waals surface area contributed by atoms with Crippen molar-refractivity contribution in [3.05, 3.63) is 29.8 Å². The molecule has 1 atom stereocenters. The zero-order valence-corrected chi connectivity index (χ0v) is 12.8. The number of likely N-dealkylation sites (N-methyl/N-ethyl adjacent to an activating group) is 1. The van der Waals surface area contributed by atoms with Crippen molar-refractivity contribution in [1.29, 1.82) is 0 Å². The Morgan fingerprint density at radius 3 is 2.75 bits per heavy atom. The highest BCUT2D eigenvalue weighted by molar-refractivity contribution is 5.30. The first-order chi connectivity index (χ1) is 9.69. The summed E-state index contributed by atoms with van der Waals surface area (Å²) in [5.74, 6) is 1.75. The van der Waals surface area contributed by atoms with Crippen LogP contribution in [-0.2, 0) is 0 Å². The molecule has 1 fully saturated rings. The van der Waals surface area contributed by atoms with E-state index in [-0.39, 0.29) is 6.04 Å². The van der Waals surface area contributed by atoms with Crippen LogP contribution in [0.15, 0.2) is 24.3 Å². The van der Waals surface area contributed by atoms with E-state index in [0.29, 0.717) is 0 Å². The quantitative estimate of drug-likeness (QED) is 0.867. The average Bonchev–Trinajstić information content (AvgIpc) is 2.48. The van der Waals surface area contributed by atoms with E-state index in [1.54, 1.807) is 7.11 Å². The van der Waals surface area contributed by atoms with Gasteiger partial charge in [-0.2, -0.15) is 0 Å². The number of nitrogens with two attached hydrogens (primary N) is 1. The largest absolute Gasteiger partial charge is 0.497 e. The van der Waals surface area contributed by atoms with Gasteiger partial charge in [0.05, 0.1) is 7.11 Å². The van der Waals surface area contributed by atoms with Gasteiger partial charge in [0.25, 0.3) is 0 Å². The van der Waals surface area contributed by atoms with E-state index in [9.17, 15) is 0 Å². The van der Waals surface area contributed by atoms with Gasteiger partial charge < -0.3 is 15.4 Å². The standard InChI is InChI=1S/C17H28N2O/c1-19(12-14-7-4-3-5-8-14)13-17(18)15-9-6-10-16(11-15)20-2/h6,9-11,14,17H,3-5,7-8,12-13,18H2,1-2H3. The molecule has 0 aliphatic heterocycles. The zero-order valence-electron chi connectivity index (χ0n) is 12.8. The van der Waals surface area contributed by atoms with Gasteiger partial charge in [-0.25, -0.2) is 0 Å². The van der Waals surface area contributed by atoms with E-state index in [1.165, 1.54) is 38.6 Å². The Morgan fingerprint density at radius 2 is 2.05 bits per heavy atom. The van der Waals surface area contributed by atoms with E-state index >= 15 is 0 Å². The molecule has 2 N–H and O–H groups in total. The summed E-state index contributed by atoms with van der Waals surface area (Å²) in [5.41, 5.74) is 7.48. The molecule has 1 saturated carbocycles. The predicted molar refractivity (Wildman–Crippen MR) is 84.0 cm³/mol. The minimum atomic E-state index is 0.0543. The molecular formula is C17H28N2O. The molecule has 0 amide bonds. The molecule has 1 aromatic rings. The minimum absolute atomic E-state index is 0.0543. The lowest BCUT2D eigenvalue weighted by atomic mass is 9.89. The summed E-state index contributed by atoms with van der Waals surface area (Å²) in [6, 6.07) is 8.15. The molecule has 112 valence electrons. The Bertz CT molecular complexity index is 402. The van der Waals surface area contributed by atoms with E-state index in [1.807, 2.05) is 18.2 Å². The first-order valence-corrected chi connectivity index (χ1v) is 7.77. The van der Waals surface area contributed by atoms with Gasteiger partial charge in [-0.05, 0) is 43.5 Å². The van der Waals surface area contributed by atoms with Gasteiger partial charge in [-0.1, -0.05) is 31.4 Å². The van der Waals surface area contributed by atoms with Gasteiger partial charge in [0.1, 0.15) is 5.75 Å². The Balaban J connectivity index is 1.84. The van der Waals surface area contributed by atoms with Crippen LogP contribution in [0.5, 0.6) is 5.75 Å². The van der Waals surface area contributed by atoms with Crippen molar-refractivity contribution in [3.63, 3.8) is 0 Å². The van der Waals surface area contributed by atoms with Crippen LogP contribution < -0.4 is 10.5 Å². The summed E-state index contributed by atoms with van der Waals surface area (Å²) in [6.45, 7) is 2.08. The highest BCUT2D eigenvalue weighted by Gasteiger charge is 2.17. The number of hydrogen-bond acceptors (Lipinski definition) is 3. The number of benzene rings is 1. The van der Waals surface area contributed by atoms with Gasteiger partial charge in [-0.15, -0.1) is 0 Å². The zero-order chi connectivity index (χ0) is 14.4. The van der Waals surface area contributed by atoms with E-state index < -0.39 is 0 Å². The molecule has 0 radical (unpaired) electrons. The molecule has 3 nitrogen and oxygen atoms in total. The van der Waals surface area contributed by atoms with Crippen LogP contribution in [-0.4, -0.2) is 32.1 Å². The number of rotatable bonds is 6. The second-order valence-electron chi connectivity index (χ2n) is 6.11. The Labute approximate surface area is 123 Å². The SMILES string of the molecule is COc1cccc(C(N)CN(C)CC2CCCCC2)c1. The predicted octanol–water partition coefficient (Wildman–Crippen LogP) is 3.21. The van der Waals surface area contributed by atoms with E-state index in [4.69, 9.17) is 10.5 Å². The summed E-state index contributed by atoms with van der Waals surface area (Å²) < 4.78 is 5.26. The van der Waals surface area contributed by atoms with Crippen molar-refractivity contribution >= 4 is 0 Å². The number of hydrogen-bond donors (Lipinski definition) is 1. The second kappa shape index (κ2) is 7.65. The van der Waals surface area contributed by atoms with Crippen LogP contribution >= 0.6 is 0 Å². The normalized spacial score (nSPS) is 18.2. The maximum Gasteiger partial charge on any atom is 0.119 e. The molecule has 2 rings (SSSR count). The van der Waals surface area contributed by atoms with Crippen LogP contribution in [0.2, 0.25) is 0 Å². The summed E-state index contributed by atoms with van der Waals surface area (Å²) in [7, 11) is 3.88. The van der Waals surface area contributed by atoms with Gasteiger partial charge in [0, 0.05) is 19.1 Å². The fourth-order valence-electron chi connectivity index (χ4n) is 3.20. The first kappa shape index (κ1) is 15.3. The summed E-state index contributed by atoms with van der Waals surface area (Å²) in [4.78, 5) is 2.39. The van der Waals surface area contributed by atoms with Crippen LogP contribution in [0.1, 0.15) is 43.7 Å². The van der Waals surface area contributed by atoms with E-state index in [2.05, 4.69) is 18.0 Å². The van der Waals surface area contributed by atoms with Crippen LogP contribution in [0.4, 0.5) is 0 Å². The van der Waals surface area contributed by atoms with Gasteiger partial charge >= 0.3 is 0 Å². The lowest BCUT2D eigenvalue weighted by Crippen LogP contribution is -2.33. The Hall–Kier alpha value is -1.06. The van der Waals surface area contributed by atoms with Crippen molar-refractivity contribution in [3.8, 4) is 5.75 Å². The summed E-state index contributed by atoms with van der Waals surface area (Å²) in [5, 5.41) is 0. The molecule has 1 aliphatic rings. The summed E-state index contributed by atoms with van der Waals surface area (Å²) >= 11 is 0. The van der Waals surface area contributed by atoms with Crippen LogP contribution in [0, 0.1) is 5.92 Å². The van der Waals surface area contributed by atoms with Crippen molar-refractivity contribution in [1.82, 2.24) is 4.90 Å². The molecule has 1 unspecified atom stereocenters. The first-order valence-electron chi connectivity index (χ1n) is 7.77. The fourth-order valence-corrected chi connectivity index (χ4v) is 3.20. The van der Waals surface area contributed by atoms with Crippen molar-refractivity contribution in [2.45, 2.75) is 38.1 Å². The average molecular weight is 276 g/mol. The lowest BCUT2D eigenvalue weighted by Gasteiger charge is -2.28. The molecule has 3 heteroatoms. The molecule has 0 bridgehead atoms. The molecule has 1 aromatic carbocycles. The minimum Gasteiger partial charge on any atom is -0.497 e. The molecule has 0 spiro atoms. The van der Waals surface area contributed by atoms with Crippen LogP contribution in [0.3, 0.4) is 0 Å². The Morgan fingerprint density at radius 1 is 1.30 bits per heavy atom. The molecule has 20 heavy (non-hydrogen) atoms. The van der Waals surface area contributed by atoms with Crippen LogP contribution in [0.25, 0.3) is 0 Å². The van der Waals surface area contributed by atoms with Crippen molar-refractivity contribution in [2.75, 3.05) is 27.2 Å². The van der Waals surface area contributed by atoms with Gasteiger partial charge in [-0.3, -0.25) is 0 Å². The molecular weight excluding hydrogens is 248 g/mol. The monoisotopic (exact) mass is 276 g/mol. The fraction of sp³-hybridized carbons (Fsp3) is 0.647. The maximum atomic E-state index is 6.33. The highest BCUT2D eigenvalue weighted by Crippen LogP contribution is 2.25. The molecule has 0 aromatic heterocycles. The second-order valence-corrected chi connectivity index (χ2v) is 6.11. The van der Waals surface area contributed by atoms with E-state index in [0.717, 1.165) is 23.8 Å². The Kier molecular flexibility index (Phi) is 5.86. The van der Waals surface area contributed by atoms with Gasteiger partial charge in [0.15, 0.2) is 0 Å². The third-order valence-corrected chi connectivity index (χ3v) is 4.32. The number of methoxy groups -OCH3 is 1. The van der Waals surface area contributed by atoms with Gasteiger partial charge in [0.2, 0.25) is 0 Å². The smallest absolute Gasteiger partial charge is 0.119 e. The number of ether oxygens (including phenoxy) is 1. The summed E-state index contributed by atoms with van der Waals surface area (Å²) in [6.07, 6.45) is 7.00. The number of nitrogens with zero attached hydrogens (tertiary/aromatic N) is 1. The topological polar surface area (TPSA) is 38.5 Å².